The lowest BCUT2D eigenvalue weighted by molar-refractivity contribution is 0.0121. The highest BCUT2D eigenvalue weighted by atomic mass is 32.1. The van der Waals surface area contributed by atoms with E-state index in [0.717, 1.165) is 53.9 Å². The van der Waals surface area contributed by atoms with Crippen molar-refractivity contribution in [3.05, 3.63) is 76.1 Å². The number of hydrogen-bond acceptors (Lipinski definition) is 9. The maximum Gasteiger partial charge on any atom is 0.410 e. The van der Waals surface area contributed by atoms with Gasteiger partial charge in [-0.15, -0.1) is 11.3 Å². The molecule has 11 nitrogen and oxygen atoms in total. The molecular formula is C35H38N6O5S. The molecule has 5 heterocycles. The second kappa shape index (κ2) is 11.8. The van der Waals surface area contributed by atoms with Gasteiger partial charge in [0.25, 0.3) is 5.91 Å². The Morgan fingerprint density at radius 2 is 1.74 bits per heavy atom. The standard InChI is InChI=1S/C35H38N6O5S/c1-34(2,3)46-33(44)39-16-13-35(14-17-39)15-18-40(21-35)32-37-20-24-28(42)27(30(43)36-19-22-9-11-23(45-4)12-10-22)31-41(29(24)38-32)25-7-5-6-8-26(25)47-31/h5-12,20H,13-19,21H2,1-4H3,(H,36,43). The zero-order valence-corrected chi connectivity index (χ0v) is 27.9. The van der Waals surface area contributed by atoms with Crippen LogP contribution in [-0.4, -0.2) is 70.2 Å². The first-order chi connectivity index (χ1) is 22.5. The van der Waals surface area contributed by atoms with Gasteiger partial charge in [0.05, 0.1) is 22.7 Å². The largest absolute Gasteiger partial charge is 0.497 e. The fraction of sp³-hybridized carbons (Fsp3) is 0.400. The van der Waals surface area contributed by atoms with Crippen LogP contribution in [0.4, 0.5) is 10.7 Å². The van der Waals surface area contributed by atoms with Crippen LogP contribution >= 0.6 is 11.3 Å². The Kier molecular flexibility index (Phi) is 7.78. The van der Waals surface area contributed by atoms with Crippen molar-refractivity contribution in [2.24, 2.45) is 5.41 Å². The van der Waals surface area contributed by atoms with Crippen molar-refractivity contribution in [3.8, 4) is 5.75 Å². The number of anilines is 1. The van der Waals surface area contributed by atoms with Crippen LogP contribution in [0.5, 0.6) is 5.75 Å². The minimum atomic E-state index is -0.521. The summed E-state index contributed by atoms with van der Waals surface area (Å²) in [7, 11) is 1.60. The van der Waals surface area contributed by atoms with Crippen molar-refractivity contribution in [1.29, 1.82) is 0 Å². The summed E-state index contributed by atoms with van der Waals surface area (Å²) in [6, 6.07) is 15.3. The van der Waals surface area contributed by atoms with Gasteiger partial charge in [-0.3, -0.25) is 14.0 Å². The minimum absolute atomic E-state index is 0.0594. The average molecular weight is 655 g/mol. The lowest BCUT2D eigenvalue weighted by Gasteiger charge is -2.39. The SMILES string of the molecule is COc1ccc(CNC(=O)c2c(=O)c3cnc(N4CCC5(CCN(C(=O)OC(C)(C)C)CC5)C4)nc3n3c2sc2ccccc23)cc1. The van der Waals surface area contributed by atoms with E-state index >= 15 is 0 Å². The molecule has 0 atom stereocenters. The molecule has 0 aliphatic carbocycles. The summed E-state index contributed by atoms with van der Waals surface area (Å²) in [6.07, 6.45) is 4.04. The zero-order valence-electron chi connectivity index (χ0n) is 27.0. The van der Waals surface area contributed by atoms with Crippen molar-refractivity contribution < 1.29 is 19.1 Å². The molecule has 0 unspecified atom stereocenters. The third-order valence-corrected chi connectivity index (χ3v) is 10.4. The van der Waals surface area contributed by atoms with Gasteiger partial charge in [-0.1, -0.05) is 24.3 Å². The van der Waals surface area contributed by atoms with Crippen LogP contribution in [0.1, 0.15) is 56.0 Å². The lowest BCUT2D eigenvalue weighted by atomic mass is 9.78. The van der Waals surface area contributed by atoms with E-state index in [1.54, 1.807) is 18.2 Å². The molecule has 0 radical (unpaired) electrons. The Bertz CT molecular complexity index is 2060. The number of rotatable bonds is 5. The number of thiazole rings is 1. The predicted molar refractivity (Wildman–Crippen MR) is 183 cm³/mol. The number of carbonyl (C=O) groups is 2. The van der Waals surface area contributed by atoms with Gasteiger partial charge in [-0.25, -0.2) is 9.78 Å². The smallest absolute Gasteiger partial charge is 0.410 e. The highest BCUT2D eigenvalue weighted by Gasteiger charge is 2.43. The second-order valence-corrected chi connectivity index (χ2v) is 14.5. The van der Waals surface area contributed by atoms with E-state index in [9.17, 15) is 14.4 Å². The topological polar surface area (TPSA) is 118 Å². The quantitative estimate of drug-likeness (QED) is 0.259. The number of fused-ring (bicyclic) bond motifs is 5. The van der Waals surface area contributed by atoms with E-state index in [1.807, 2.05) is 73.7 Å². The number of amides is 2. The first-order valence-corrected chi connectivity index (χ1v) is 16.7. The normalized spacial score (nSPS) is 16.3. The first kappa shape index (κ1) is 30.9. The van der Waals surface area contributed by atoms with Crippen LogP contribution in [0.2, 0.25) is 0 Å². The number of nitrogens with one attached hydrogen (secondary N) is 1. The Morgan fingerprint density at radius 3 is 2.47 bits per heavy atom. The number of para-hydroxylation sites is 1. The number of nitrogens with zero attached hydrogens (tertiary/aromatic N) is 5. The summed E-state index contributed by atoms with van der Waals surface area (Å²) in [6.45, 7) is 8.78. The summed E-state index contributed by atoms with van der Waals surface area (Å²) in [4.78, 5) is 54.5. The first-order valence-electron chi connectivity index (χ1n) is 15.9. The molecule has 5 aromatic rings. The molecule has 2 aliphatic heterocycles. The van der Waals surface area contributed by atoms with Gasteiger partial charge >= 0.3 is 6.09 Å². The zero-order chi connectivity index (χ0) is 32.9. The van der Waals surface area contributed by atoms with Gasteiger partial charge < -0.3 is 24.6 Å². The minimum Gasteiger partial charge on any atom is -0.497 e. The van der Waals surface area contributed by atoms with E-state index in [4.69, 9.17) is 14.5 Å². The second-order valence-electron chi connectivity index (χ2n) is 13.5. The summed E-state index contributed by atoms with van der Waals surface area (Å²) in [5.74, 6) is 0.844. The number of pyridine rings is 1. The Morgan fingerprint density at radius 1 is 1.02 bits per heavy atom. The summed E-state index contributed by atoms with van der Waals surface area (Å²) < 4.78 is 13.7. The number of ether oxygens (including phenoxy) is 2. The third kappa shape index (κ3) is 5.86. The van der Waals surface area contributed by atoms with Crippen LogP contribution in [0.15, 0.2) is 59.5 Å². The van der Waals surface area contributed by atoms with Crippen molar-refractivity contribution in [3.63, 3.8) is 0 Å². The van der Waals surface area contributed by atoms with Gasteiger partial charge in [0, 0.05) is 38.9 Å². The predicted octanol–water partition coefficient (Wildman–Crippen LogP) is 5.62. The summed E-state index contributed by atoms with van der Waals surface area (Å²) >= 11 is 1.40. The Balaban J connectivity index is 1.18. The number of carbonyl (C=O) groups excluding carboxylic acids is 2. The van der Waals surface area contributed by atoms with Gasteiger partial charge in [-0.05, 0) is 75.3 Å². The molecule has 1 N–H and O–H groups in total. The van der Waals surface area contributed by atoms with Crippen molar-refractivity contribution in [1.82, 2.24) is 24.6 Å². The highest BCUT2D eigenvalue weighted by Crippen LogP contribution is 2.42. The maximum atomic E-state index is 14.0. The van der Waals surface area contributed by atoms with E-state index in [2.05, 4.69) is 15.2 Å². The molecule has 1 spiro atoms. The number of methoxy groups -OCH3 is 1. The van der Waals surface area contributed by atoms with E-state index < -0.39 is 16.9 Å². The van der Waals surface area contributed by atoms with Gasteiger partial charge in [0.15, 0.2) is 5.65 Å². The van der Waals surface area contributed by atoms with Gasteiger partial charge in [0.2, 0.25) is 11.4 Å². The average Bonchev–Trinajstić information content (AvgIpc) is 3.65. The van der Waals surface area contributed by atoms with E-state index in [-0.39, 0.29) is 23.6 Å². The molecule has 2 aromatic carbocycles. The number of aromatic nitrogens is 3. The number of hydrogen-bond donors (Lipinski definition) is 1. The molecule has 0 bridgehead atoms. The number of piperidine rings is 1. The monoisotopic (exact) mass is 654 g/mol. The molecular weight excluding hydrogens is 616 g/mol. The van der Waals surface area contributed by atoms with Crippen LogP contribution in [0.25, 0.3) is 26.1 Å². The molecule has 7 rings (SSSR count). The molecule has 12 heteroatoms. The molecule has 2 amide bonds. The van der Waals surface area contributed by atoms with Crippen molar-refractivity contribution in [2.45, 2.75) is 52.2 Å². The molecule has 47 heavy (non-hydrogen) atoms. The van der Waals surface area contributed by atoms with Gasteiger partial charge in [-0.2, -0.15) is 4.98 Å². The van der Waals surface area contributed by atoms with Crippen LogP contribution < -0.4 is 20.4 Å². The van der Waals surface area contributed by atoms with Crippen LogP contribution in [0, 0.1) is 5.41 Å². The molecule has 2 saturated heterocycles. The molecule has 2 fully saturated rings. The number of likely N-dealkylation sites (tertiary alicyclic amines) is 1. The molecule has 2 aliphatic rings. The summed E-state index contributed by atoms with van der Waals surface area (Å²) in [5.41, 5.74) is 1.48. The van der Waals surface area contributed by atoms with Crippen LogP contribution in [0.3, 0.4) is 0 Å². The fourth-order valence-corrected chi connectivity index (χ4v) is 7.84. The van der Waals surface area contributed by atoms with Gasteiger partial charge in [0.1, 0.15) is 21.7 Å². The summed E-state index contributed by atoms with van der Waals surface area (Å²) in [5, 5.41) is 3.23. The van der Waals surface area contributed by atoms with E-state index in [0.29, 0.717) is 34.9 Å². The lowest BCUT2D eigenvalue weighted by Crippen LogP contribution is -2.46. The molecule has 244 valence electrons. The van der Waals surface area contributed by atoms with Crippen molar-refractivity contribution >= 4 is 55.4 Å². The van der Waals surface area contributed by atoms with Crippen LogP contribution in [-0.2, 0) is 11.3 Å². The van der Waals surface area contributed by atoms with E-state index in [1.165, 1.54) is 11.3 Å². The Labute approximate surface area is 276 Å². The Hall–Kier alpha value is -4.71. The molecule has 0 saturated carbocycles. The molecule has 3 aromatic heterocycles. The number of benzene rings is 2. The highest BCUT2D eigenvalue weighted by molar-refractivity contribution is 7.24. The maximum absolute atomic E-state index is 14.0. The van der Waals surface area contributed by atoms with Crippen molar-refractivity contribution in [2.75, 3.05) is 38.2 Å². The fourth-order valence-electron chi connectivity index (χ4n) is 6.66. The third-order valence-electron chi connectivity index (χ3n) is 9.21.